The van der Waals surface area contributed by atoms with E-state index in [1.165, 1.54) is 19.3 Å². The molecule has 4 heterocycles. The second kappa shape index (κ2) is 7.35. The summed E-state index contributed by atoms with van der Waals surface area (Å²) in [5, 5.41) is 7.18. The fourth-order valence-electron chi connectivity index (χ4n) is 6.11. The monoisotopic (exact) mass is 466 g/mol. The normalized spacial score (nSPS) is 30.3. The third kappa shape index (κ3) is 3.45. The minimum absolute atomic E-state index is 0.144. The molecule has 4 N–H and O–H groups in total. The van der Waals surface area contributed by atoms with Crippen molar-refractivity contribution in [3.8, 4) is 33.6 Å². The first-order valence-corrected chi connectivity index (χ1v) is 12.7. The highest BCUT2D eigenvalue weighted by Gasteiger charge is 2.47. The van der Waals surface area contributed by atoms with Crippen LogP contribution < -0.4 is 10.6 Å². The van der Waals surface area contributed by atoms with Gasteiger partial charge in [0.25, 0.3) is 0 Å². The number of aromatic amines is 2. The second-order valence-corrected chi connectivity index (χ2v) is 10.7. The summed E-state index contributed by atoms with van der Waals surface area (Å²) >= 11 is 0. The molecule has 6 atom stereocenters. The number of nitrogens with one attached hydrogen (secondary N) is 4. The Balaban J connectivity index is 0.987. The summed E-state index contributed by atoms with van der Waals surface area (Å²) in [7, 11) is 0. The standard InChI is InChI=1S/C28H27FN6/c29-26-25(34-28(35-26)23-12-19-10-21(19)32-23)17-7-3-15(4-8-17)14-1-5-16(6-2-14)24-13-30-27(33-24)22-11-18-9-20(18)31-22/h1-8,13,18-23,31-32H,9-12H2,(H,30,33)(H,34,35). The van der Waals surface area contributed by atoms with Crippen molar-refractivity contribution in [3.63, 3.8) is 0 Å². The Morgan fingerprint density at radius 1 is 0.657 bits per heavy atom. The summed E-state index contributed by atoms with van der Waals surface area (Å²) in [5.74, 6) is 2.99. The van der Waals surface area contributed by atoms with Crippen molar-refractivity contribution in [2.75, 3.05) is 0 Å². The molecule has 0 amide bonds. The quantitative estimate of drug-likeness (QED) is 0.329. The number of fused-ring (bicyclic) bond motifs is 2. The van der Waals surface area contributed by atoms with Crippen LogP contribution in [-0.2, 0) is 0 Å². The average Bonchev–Trinajstić information content (AvgIpc) is 3.47. The summed E-state index contributed by atoms with van der Waals surface area (Å²) in [6, 6.07) is 18.3. The van der Waals surface area contributed by atoms with Crippen LogP contribution >= 0.6 is 0 Å². The van der Waals surface area contributed by atoms with Crippen LogP contribution in [0.15, 0.2) is 54.7 Å². The number of piperidine rings is 2. The van der Waals surface area contributed by atoms with Crippen molar-refractivity contribution in [1.29, 1.82) is 0 Å². The number of rotatable bonds is 5. The van der Waals surface area contributed by atoms with Crippen LogP contribution in [0.1, 0.15) is 49.4 Å². The van der Waals surface area contributed by atoms with Crippen LogP contribution in [-0.4, -0.2) is 32.0 Å². The highest BCUT2D eigenvalue weighted by Crippen LogP contribution is 2.46. The lowest BCUT2D eigenvalue weighted by molar-refractivity contribution is 0.528. The molecular weight excluding hydrogens is 439 g/mol. The summed E-state index contributed by atoms with van der Waals surface area (Å²) in [4.78, 5) is 15.6. The van der Waals surface area contributed by atoms with Gasteiger partial charge in [-0.1, -0.05) is 48.5 Å². The number of halogens is 1. The molecule has 2 aromatic heterocycles. The van der Waals surface area contributed by atoms with Crippen molar-refractivity contribution >= 4 is 0 Å². The highest BCUT2D eigenvalue weighted by atomic mass is 19.1. The Kier molecular flexibility index (Phi) is 4.19. The van der Waals surface area contributed by atoms with Crippen molar-refractivity contribution in [3.05, 3.63) is 72.3 Å². The molecule has 6 unspecified atom stereocenters. The summed E-state index contributed by atoms with van der Waals surface area (Å²) in [6.07, 6.45) is 6.74. The molecule has 7 heteroatoms. The number of hydrogen-bond acceptors (Lipinski definition) is 4. The van der Waals surface area contributed by atoms with Gasteiger partial charge in [-0.05, 0) is 54.2 Å². The van der Waals surface area contributed by atoms with Crippen LogP contribution in [0.2, 0.25) is 0 Å². The smallest absolute Gasteiger partial charge is 0.219 e. The minimum atomic E-state index is -0.358. The predicted molar refractivity (Wildman–Crippen MR) is 132 cm³/mol. The topological polar surface area (TPSA) is 81.4 Å². The maximum Gasteiger partial charge on any atom is 0.219 e. The first-order chi connectivity index (χ1) is 17.2. The third-order valence-electron chi connectivity index (χ3n) is 8.37. The van der Waals surface area contributed by atoms with Crippen molar-refractivity contribution < 1.29 is 4.39 Å². The van der Waals surface area contributed by atoms with E-state index in [9.17, 15) is 4.39 Å². The number of benzene rings is 2. The molecule has 0 spiro atoms. The predicted octanol–water partition coefficient (Wildman–Crippen LogP) is 5.12. The van der Waals surface area contributed by atoms with Crippen LogP contribution in [0, 0.1) is 17.8 Å². The molecule has 4 aromatic rings. The van der Waals surface area contributed by atoms with E-state index in [0.29, 0.717) is 29.6 Å². The lowest BCUT2D eigenvalue weighted by atomic mass is 10.0. The maximum atomic E-state index is 14.7. The van der Waals surface area contributed by atoms with Gasteiger partial charge < -0.3 is 20.6 Å². The Bertz CT molecular complexity index is 1380. The second-order valence-electron chi connectivity index (χ2n) is 10.7. The Hall–Kier alpha value is -3.29. The van der Waals surface area contributed by atoms with E-state index in [1.807, 2.05) is 30.5 Å². The zero-order valence-electron chi connectivity index (χ0n) is 19.3. The lowest BCUT2D eigenvalue weighted by Gasteiger charge is -2.09. The molecular formula is C28H27FN6. The largest absolute Gasteiger partial charge is 0.341 e. The van der Waals surface area contributed by atoms with Gasteiger partial charge in [0.2, 0.25) is 5.95 Å². The number of aromatic nitrogens is 4. The van der Waals surface area contributed by atoms with Gasteiger partial charge in [0.05, 0.1) is 24.0 Å². The Morgan fingerprint density at radius 3 is 1.83 bits per heavy atom. The minimum Gasteiger partial charge on any atom is -0.341 e. The van der Waals surface area contributed by atoms with E-state index in [0.717, 1.165) is 52.0 Å². The van der Waals surface area contributed by atoms with Gasteiger partial charge in [-0.15, -0.1) is 0 Å². The molecule has 4 fully saturated rings. The van der Waals surface area contributed by atoms with Gasteiger partial charge in [-0.3, -0.25) is 0 Å². The van der Waals surface area contributed by atoms with Crippen molar-refractivity contribution in [2.24, 2.45) is 11.8 Å². The summed E-state index contributed by atoms with van der Waals surface area (Å²) < 4.78 is 14.7. The van der Waals surface area contributed by atoms with Gasteiger partial charge >= 0.3 is 0 Å². The zero-order chi connectivity index (χ0) is 23.1. The van der Waals surface area contributed by atoms with Crippen molar-refractivity contribution in [1.82, 2.24) is 30.6 Å². The van der Waals surface area contributed by atoms with Crippen LogP contribution in [0.3, 0.4) is 0 Å². The fraction of sp³-hybridized carbons (Fsp3) is 0.357. The molecule has 2 aliphatic carbocycles. The molecule has 2 saturated heterocycles. The molecule has 2 saturated carbocycles. The Morgan fingerprint density at radius 2 is 1.23 bits per heavy atom. The number of nitrogens with zero attached hydrogens (tertiary/aromatic N) is 2. The van der Waals surface area contributed by atoms with Gasteiger partial charge in [0.15, 0.2) is 0 Å². The third-order valence-corrected chi connectivity index (χ3v) is 8.37. The van der Waals surface area contributed by atoms with E-state index >= 15 is 0 Å². The molecule has 0 radical (unpaired) electrons. The van der Waals surface area contributed by atoms with Gasteiger partial charge in [0, 0.05) is 17.6 Å². The van der Waals surface area contributed by atoms with E-state index in [2.05, 4.69) is 54.8 Å². The molecule has 35 heavy (non-hydrogen) atoms. The molecule has 8 rings (SSSR count). The zero-order valence-corrected chi connectivity index (χ0v) is 19.3. The van der Waals surface area contributed by atoms with E-state index in [4.69, 9.17) is 0 Å². The average molecular weight is 467 g/mol. The van der Waals surface area contributed by atoms with E-state index < -0.39 is 0 Å². The number of imidazole rings is 2. The Labute approximate surface area is 202 Å². The number of hydrogen-bond donors (Lipinski definition) is 4. The van der Waals surface area contributed by atoms with Crippen LogP contribution in [0.4, 0.5) is 4.39 Å². The van der Waals surface area contributed by atoms with Gasteiger partial charge in [-0.25, -0.2) is 9.97 Å². The SMILES string of the molecule is Fc1[nH]c(C2CC3CC3N2)nc1-c1ccc(-c2ccc(-c3cnc(C4CC5CC5N4)[nH]3)cc2)cc1. The molecule has 2 aliphatic heterocycles. The van der Waals surface area contributed by atoms with E-state index in [1.54, 1.807) is 0 Å². The number of H-pyrrole nitrogens is 2. The van der Waals surface area contributed by atoms with Crippen molar-refractivity contribution in [2.45, 2.75) is 49.9 Å². The summed E-state index contributed by atoms with van der Waals surface area (Å²) in [5.41, 5.74) is 5.56. The lowest BCUT2D eigenvalue weighted by Crippen LogP contribution is -2.18. The van der Waals surface area contributed by atoms with Gasteiger partial charge in [-0.2, -0.15) is 4.39 Å². The summed E-state index contributed by atoms with van der Waals surface area (Å²) in [6.45, 7) is 0. The molecule has 176 valence electrons. The maximum absolute atomic E-state index is 14.7. The highest BCUT2D eigenvalue weighted by molar-refractivity contribution is 5.71. The van der Waals surface area contributed by atoms with E-state index in [-0.39, 0.29) is 12.0 Å². The fourth-order valence-corrected chi connectivity index (χ4v) is 6.11. The first kappa shape index (κ1) is 20.0. The van der Waals surface area contributed by atoms with Gasteiger partial charge in [0.1, 0.15) is 17.3 Å². The molecule has 0 bridgehead atoms. The van der Waals surface area contributed by atoms with Crippen LogP contribution in [0.25, 0.3) is 33.6 Å². The molecule has 2 aromatic carbocycles. The molecule has 6 nitrogen and oxygen atoms in total. The molecule has 4 aliphatic rings. The first-order valence-electron chi connectivity index (χ1n) is 12.7. The van der Waals surface area contributed by atoms with Crippen LogP contribution in [0.5, 0.6) is 0 Å².